The molecule has 0 saturated carbocycles. The first kappa shape index (κ1) is 17.8. The van der Waals surface area contributed by atoms with Crippen LogP contribution in [0.3, 0.4) is 0 Å². The van der Waals surface area contributed by atoms with Gasteiger partial charge in [0.2, 0.25) is 0 Å². The van der Waals surface area contributed by atoms with Gasteiger partial charge in [0, 0.05) is 22.7 Å². The molecule has 0 bridgehead atoms. The molecule has 5 nitrogen and oxygen atoms in total. The Bertz CT molecular complexity index is 674. The van der Waals surface area contributed by atoms with Crippen LogP contribution in [-0.2, 0) is 0 Å². The second-order valence-electron chi connectivity index (χ2n) is 5.69. The third-order valence-corrected chi connectivity index (χ3v) is 4.32. The smallest absolute Gasteiger partial charge is 0.255 e. The zero-order valence-electron chi connectivity index (χ0n) is 12.8. The number of H-pyrrole nitrogens is 1. The second kappa shape index (κ2) is 7.81. The summed E-state index contributed by atoms with van der Waals surface area (Å²) in [5.41, 5.74) is 1.97. The van der Waals surface area contributed by atoms with Gasteiger partial charge in [-0.2, -0.15) is 5.10 Å². The number of carbonyl (C=O) groups is 1. The first-order valence-corrected chi connectivity index (χ1v) is 7.85. The van der Waals surface area contributed by atoms with Gasteiger partial charge in [0.1, 0.15) is 0 Å². The molecule has 2 aromatic rings. The number of piperidine rings is 1. The molecule has 1 aromatic heterocycles. The lowest BCUT2D eigenvalue weighted by Crippen LogP contribution is -2.46. The van der Waals surface area contributed by atoms with E-state index in [1.165, 1.54) is 0 Å². The van der Waals surface area contributed by atoms with Crippen LogP contribution in [0.25, 0.3) is 11.3 Å². The summed E-state index contributed by atoms with van der Waals surface area (Å²) in [6.07, 6.45) is 3.43. The highest BCUT2D eigenvalue weighted by molar-refractivity contribution is 6.33. The van der Waals surface area contributed by atoms with Crippen LogP contribution in [0, 0.1) is 0 Å². The van der Waals surface area contributed by atoms with E-state index in [4.69, 9.17) is 11.6 Å². The molecule has 1 aliphatic rings. The number of carbonyl (C=O) groups excluding carboxylic acids is 1. The predicted molar refractivity (Wildman–Crippen MR) is 94.2 cm³/mol. The van der Waals surface area contributed by atoms with E-state index in [0.29, 0.717) is 22.3 Å². The minimum atomic E-state index is -0.109. The molecule has 1 amide bonds. The number of aromatic amines is 1. The lowest BCUT2D eigenvalue weighted by molar-refractivity contribution is 0.0926. The molecular formula is C16H20Cl2N4O. The Morgan fingerprint density at radius 1 is 1.39 bits per heavy atom. The maximum absolute atomic E-state index is 12.6. The minimum absolute atomic E-state index is 0. The van der Waals surface area contributed by atoms with Crippen molar-refractivity contribution >= 4 is 29.9 Å². The topological polar surface area (TPSA) is 69.8 Å². The molecule has 0 spiro atoms. The standard InChI is InChI=1S/C16H19ClN4O.ClH/c1-10-8-11(6-7-18-10)20-16(22)13-9-19-21-15(13)12-4-2-3-5-14(12)17;/h2-5,9-11,18H,6-8H2,1H3,(H,19,21)(H,20,22);1H. The van der Waals surface area contributed by atoms with Gasteiger partial charge in [0.05, 0.1) is 17.5 Å². The maximum atomic E-state index is 12.6. The number of halogens is 2. The summed E-state index contributed by atoms with van der Waals surface area (Å²) in [5, 5.41) is 14.0. The summed E-state index contributed by atoms with van der Waals surface area (Å²) in [7, 11) is 0. The predicted octanol–water partition coefficient (Wildman–Crippen LogP) is 3.02. The van der Waals surface area contributed by atoms with Crippen molar-refractivity contribution in [1.29, 1.82) is 0 Å². The highest BCUT2D eigenvalue weighted by atomic mass is 35.5. The maximum Gasteiger partial charge on any atom is 0.255 e. The molecule has 2 heterocycles. The molecule has 0 radical (unpaired) electrons. The van der Waals surface area contributed by atoms with E-state index in [-0.39, 0.29) is 24.4 Å². The van der Waals surface area contributed by atoms with Gasteiger partial charge >= 0.3 is 0 Å². The third kappa shape index (κ3) is 4.05. The van der Waals surface area contributed by atoms with Crippen LogP contribution >= 0.6 is 24.0 Å². The number of hydrogen-bond donors (Lipinski definition) is 3. The van der Waals surface area contributed by atoms with Crippen molar-refractivity contribution in [2.24, 2.45) is 0 Å². The average molecular weight is 355 g/mol. The Morgan fingerprint density at radius 2 is 2.17 bits per heavy atom. The third-order valence-electron chi connectivity index (χ3n) is 3.99. The summed E-state index contributed by atoms with van der Waals surface area (Å²) in [4.78, 5) is 12.6. The number of amides is 1. The van der Waals surface area contributed by atoms with Crippen LogP contribution in [0.1, 0.15) is 30.1 Å². The van der Waals surface area contributed by atoms with Gasteiger partial charge < -0.3 is 10.6 Å². The molecule has 23 heavy (non-hydrogen) atoms. The van der Waals surface area contributed by atoms with Gasteiger partial charge in [0.15, 0.2) is 0 Å². The fourth-order valence-corrected chi connectivity index (χ4v) is 3.08. The second-order valence-corrected chi connectivity index (χ2v) is 6.10. The Hall–Kier alpha value is -1.56. The van der Waals surface area contributed by atoms with Crippen LogP contribution in [-0.4, -0.2) is 34.7 Å². The number of nitrogens with one attached hydrogen (secondary N) is 3. The van der Waals surface area contributed by atoms with E-state index in [2.05, 4.69) is 27.8 Å². The van der Waals surface area contributed by atoms with E-state index in [0.717, 1.165) is 24.9 Å². The Morgan fingerprint density at radius 3 is 2.91 bits per heavy atom. The molecule has 1 saturated heterocycles. The van der Waals surface area contributed by atoms with Crippen molar-refractivity contribution in [3.05, 3.63) is 41.0 Å². The zero-order valence-corrected chi connectivity index (χ0v) is 14.4. The Kier molecular flexibility index (Phi) is 6.04. The largest absolute Gasteiger partial charge is 0.349 e. The van der Waals surface area contributed by atoms with E-state index in [1.807, 2.05) is 18.2 Å². The van der Waals surface area contributed by atoms with E-state index in [1.54, 1.807) is 12.3 Å². The lowest BCUT2D eigenvalue weighted by Gasteiger charge is -2.28. The SMILES string of the molecule is CC1CC(NC(=O)c2cn[nH]c2-c2ccccc2Cl)CCN1.Cl. The number of rotatable bonds is 3. The van der Waals surface area contributed by atoms with Gasteiger partial charge in [-0.05, 0) is 32.4 Å². The molecule has 1 aromatic carbocycles. The number of aromatic nitrogens is 2. The molecule has 3 N–H and O–H groups in total. The number of hydrogen-bond acceptors (Lipinski definition) is 3. The summed E-state index contributed by atoms with van der Waals surface area (Å²) in [6.45, 7) is 3.06. The molecule has 2 unspecified atom stereocenters. The highest BCUT2D eigenvalue weighted by Gasteiger charge is 2.23. The average Bonchev–Trinajstić information content (AvgIpc) is 2.97. The Labute approximate surface area is 146 Å². The number of benzene rings is 1. The molecule has 2 atom stereocenters. The van der Waals surface area contributed by atoms with Gasteiger partial charge in [-0.1, -0.05) is 29.8 Å². The van der Waals surface area contributed by atoms with Crippen molar-refractivity contribution in [3.8, 4) is 11.3 Å². The number of nitrogens with zero attached hydrogens (tertiary/aromatic N) is 1. The van der Waals surface area contributed by atoms with E-state index in [9.17, 15) is 4.79 Å². The van der Waals surface area contributed by atoms with Crippen LogP contribution in [0.2, 0.25) is 5.02 Å². The normalized spacial score (nSPS) is 20.6. The molecule has 3 rings (SSSR count). The van der Waals surface area contributed by atoms with Gasteiger partial charge in [-0.25, -0.2) is 0 Å². The molecule has 0 aliphatic carbocycles. The van der Waals surface area contributed by atoms with Crippen LogP contribution < -0.4 is 10.6 Å². The molecule has 124 valence electrons. The monoisotopic (exact) mass is 354 g/mol. The van der Waals surface area contributed by atoms with Crippen molar-refractivity contribution in [2.75, 3.05) is 6.54 Å². The summed E-state index contributed by atoms with van der Waals surface area (Å²) < 4.78 is 0. The quantitative estimate of drug-likeness (QED) is 0.793. The van der Waals surface area contributed by atoms with Crippen LogP contribution in [0.4, 0.5) is 0 Å². The first-order chi connectivity index (χ1) is 10.6. The van der Waals surface area contributed by atoms with Crippen molar-refractivity contribution in [1.82, 2.24) is 20.8 Å². The van der Waals surface area contributed by atoms with Gasteiger partial charge in [-0.3, -0.25) is 9.89 Å². The van der Waals surface area contributed by atoms with Gasteiger partial charge in [0.25, 0.3) is 5.91 Å². The van der Waals surface area contributed by atoms with Gasteiger partial charge in [-0.15, -0.1) is 12.4 Å². The highest BCUT2D eigenvalue weighted by Crippen LogP contribution is 2.28. The van der Waals surface area contributed by atoms with E-state index < -0.39 is 0 Å². The molecule has 1 fully saturated rings. The zero-order chi connectivity index (χ0) is 15.5. The fourth-order valence-electron chi connectivity index (χ4n) is 2.85. The van der Waals surface area contributed by atoms with Crippen molar-refractivity contribution in [3.63, 3.8) is 0 Å². The molecular weight excluding hydrogens is 335 g/mol. The van der Waals surface area contributed by atoms with E-state index >= 15 is 0 Å². The summed E-state index contributed by atoms with van der Waals surface area (Å²) >= 11 is 6.22. The molecule has 1 aliphatic heterocycles. The van der Waals surface area contributed by atoms with Crippen LogP contribution in [0.5, 0.6) is 0 Å². The van der Waals surface area contributed by atoms with Crippen LogP contribution in [0.15, 0.2) is 30.5 Å². The lowest BCUT2D eigenvalue weighted by atomic mass is 10.00. The minimum Gasteiger partial charge on any atom is -0.349 e. The van der Waals surface area contributed by atoms with Crippen molar-refractivity contribution < 1.29 is 4.79 Å². The van der Waals surface area contributed by atoms with Crippen molar-refractivity contribution in [2.45, 2.75) is 31.8 Å². The first-order valence-electron chi connectivity index (χ1n) is 7.47. The summed E-state index contributed by atoms with van der Waals surface area (Å²) in [6, 6.07) is 8.04. The fraction of sp³-hybridized carbons (Fsp3) is 0.375. The summed E-state index contributed by atoms with van der Waals surface area (Å²) in [5.74, 6) is -0.109. The molecule has 7 heteroatoms. The Balaban J connectivity index is 0.00000192.